The molecule has 5 rings (SSSR count). The number of anilines is 1. The lowest BCUT2D eigenvalue weighted by atomic mass is 9.76. The lowest BCUT2D eigenvalue weighted by Crippen LogP contribution is -2.29. The van der Waals surface area contributed by atoms with Crippen LogP contribution in [0.4, 0.5) is 5.69 Å². The van der Waals surface area contributed by atoms with E-state index in [9.17, 15) is 4.79 Å². The third-order valence-electron chi connectivity index (χ3n) is 7.05. The van der Waals surface area contributed by atoms with Crippen molar-refractivity contribution in [3.63, 3.8) is 0 Å². The molecule has 1 aliphatic heterocycles. The zero-order chi connectivity index (χ0) is 25.8. The van der Waals surface area contributed by atoms with Crippen molar-refractivity contribution in [2.45, 2.75) is 31.1 Å². The highest BCUT2D eigenvalue weighted by Crippen LogP contribution is 2.50. The largest absolute Gasteiger partial charge is 0.497 e. The van der Waals surface area contributed by atoms with Gasteiger partial charge in [-0.1, -0.05) is 64.5 Å². The minimum Gasteiger partial charge on any atom is -0.497 e. The van der Waals surface area contributed by atoms with Crippen LogP contribution in [0.2, 0.25) is 0 Å². The Balaban J connectivity index is 1.24. The van der Waals surface area contributed by atoms with Gasteiger partial charge in [-0.25, -0.2) is 5.43 Å². The number of ether oxygens (including phenoxy) is 1. The summed E-state index contributed by atoms with van der Waals surface area (Å²) >= 11 is 5.12. The van der Waals surface area contributed by atoms with Crippen molar-refractivity contribution < 1.29 is 9.53 Å². The zero-order valence-corrected chi connectivity index (χ0v) is 23.3. The molecule has 7 heteroatoms. The molecule has 0 spiro atoms. The Morgan fingerprint density at radius 3 is 2.76 bits per heavy atom. The van der Waals surface area contributed by atoms with Gasteiger partial charge < -0.3 is 10.1 Å². The molecule has 0 aromatic heterocycles. The Morgan fingerprint density at radius 1 is 1.16 bits per heavy atom. The van der Waals surface area contributed by atoms with Gasteiger partial charge in [0, 0.05) is 21.8 Å². The molecule has 2 aliphatic rings. The molecule has 0 fully saturated rings. The molecule has 1 amide bonds. The predicted molar refractivity (Wildman–Crippen MR) is 156 cm³/mol. The van der Waals surface area contributed by atoms with Gasteiger partial charge in [0.25, 0.3) is 0 Å². The van der Waals surface area contributed by atoms with Crippen LogP contribution in [-0.4, -0.2) is 24.5 Å². The van der Waals surface area contributed by atoms with Crippen LogP contribution in [0.25, 0.3) is 0 Å². The van der Waals surface area contributed by atoms with Crippen molar-refractivity contribution in [2.24, 2.45) is 11.0 Å². The molecule has 5 nitrogen and oxygen atoms in total. The number of rotatable bonds is 8. The molecule has 37 heavy (non-hydrogen) atoms. The fraction of sp³-hybridized carbons (Fsp3) is 0.267. The number of hydrogen-bond donors (Lipinski definition) is 2. The first-order valence-electron chi connectivity index (χ1n) is 12.4. The van der Waals surface area contributed by atoms with Gasteiger partial charge in [-0.2, -0.15) is 5.10 Å². The molecule has 2 N–H and O–H groups in total. The average Bonchev–Trinajstić information content (AvgIpc) is 3.43. The second kappa shape index (κ2) is 11.6. The Hall–Kier alpha value is -3.03. The van der Waals surface area contributed by atoms with Gasteiger partial charge in [0.1, 0.15) is 5.75 Å². The Labute approximate surface area is 230 Å². The first kappa shape index (κ1) is 25.6. The molecule has 0 saturated carbocycles. The number of fused-ring (bicyclic) bond motifs is 3. The molecule has 0 bridgehead atoms. The fourth-order valence-corrected chi connectivity index (χ4v) is 6.51. The Kier molecular flexibility index (Phi) is 8.01. The number of hydrogen-bond acceptors (Lipinski definition) is 5. The molecular weight excluding hydrogens is 546 g/mol. The Bertz CT molecular complexity index is 1340. The minimum atomic E-state index is -0.0999. The van der Waals surface area contributed by atoms with Crippen LogP contribution in [0.3, 0.4) is 0 Å². The average molecular weight is 577 g/mol. The molecule has 1 aliphatic carbocycles. The van der Waals surface area contributed by atoms with Crippen LogP contribution in [0.5, 0.6) is 5.75 Å². The van der Waals surface area contributed by atoms with Crippen LogP contribution in [-0.2, 0) is 10.5 Å². The molecule has 0 radical (unpaired) electrons. The number of thioether (sulfide) groups is 1. The smallest absolute Gasteiger partial charge is 0.250 e. The van der Waals surface area contributed by atoms with Gasteiger partial charge >= 0.3 is 0 Å². The minimum absolute atomic E-state index is 0.0999. The molecule has 190 valence electrons. The highest BCUT2D eigenvalue weighted by Gasteiger charge is 2.38. The van der Waals surface area contributed by atoms with Gasteiger partial charge in [0.15, 0.2) is 0 Å². The van der Waals surface area contributed by atoms with E-state index in [2.05, 4.69) is 80.3 Å². The maximum absolute atomic E-state index is 12.4. The van der Waals surface area contributed by atoms with E-state index in [1.165, 1.54) is 16.7 Å². The number of benzene rings is 3. The van der Waals surface area contributed by atoms with E-state index in [-0.39, 0.29) is 11.9 Å². The quantitative estimate of drug-likeness (QED) is 0.171. The van der Waals surface area contributed by atoms with E-state index in [4.69, 9.17) is 4.74 Å². The van der Waals surface area contributed by atoms with Crippen molar-refractivity contribution in [2.75, 3.05) is 18.2 Å². The normalized spacial score (nSPS) is 20.1. The first-order valence-corrected chi connectivity index (χ1v) is 14.3. The number of nitrogens with one attached hydrogen (secondary N) is 2. The number of carbonyl (C=O) groups is 1. The van der Waals surface area contributed by atoms with Gasteiger partial charge in [-0.05, 0) is 71.8 Å². The van der Waals surface area contributed by atoms with Crippen LogP contribution >= 0.6 is 27.7 Å². The molecule has 3 aromatic rings. The highest BCUT2D eigenvalue weighted by atomic mass is 79.9. The van der Waals surface area contributed by atoms with Crippen molar-refractivity contribution >= 4 is 45.0 Å². The maximum atomic E-state index is 12.4. The van der Waals surface area contributed by atoms with Crippen molar-refractivity contribution in [1.82, 2.24) is 5.43 Å². The topological polar surface area (TPSA) is 62.7 Å². The standard InChI is InChI=1S/C30H30BrN3O2S/c1-19(33-34-29(35)18-37-17-22-6-3-4-9-27(22)31)21-12-15-28-26(16-21)24-7-5-8-25(24)30(32-28)20-10-13-23(36-2)14-11-20/h3-7,9-16,24-25,30,32H,8,17-18H2,1-2H3,(H,34,35)/b33-19-/t24-,25+,30+/m1/s1. The summed E-state index contributed by atoms with van der Waals surface area (Å²) in [6.45, 7) is 1.94. The lowest BCUT2D eigenvalue weighted by Gasteiger charge is -2.37. The summed E-state index contributed by atoms with van der Waals surface area (Å²) in [5, 5.41) is 8.18. The lowest BCUT2D eigenvalue weighted by molar-refractivity contribution is -0.118. The maximum Gasteiger partial charge on any atom is 0.250 e. The van der Waals surface area contributed by atoms with Gasteiger partial charge in [0.05, 0.1) is 24.6 Å². The van der Waals surface area contributed by atoms with E-state index < -0.39 is 0 Å². The molecule has 3 atom stereocenters. The summed E-state index contributed by atoms with van der Waals surface area (Å²) in [4.78, 5) is 12.4. The van der Waals surface area contributed by atoms with E-state index in [1.54, 1.807) is 18.9 Å². The monoisotopic (exact) mass is 575 g/mol. The first-order chi connectivity index (χ1) is 18.0. The van der Waals surface area contributed by atoms with Crippen molar-refractivity contribution in [3.05, 3.63) is 106 Å². The summed E-state index contributed by atoms with van der Waals surface area (Å²) in [6, 6.07) is 23.1. The fourth-order valence-electron chi connectivity index (χ4n) is 5.07. The number of carbonyl (C=O) groups excluding carboxylic acids is 1. The van der Waals surface area contributed by atoms with Crippen LogP contribution < -0.4 is 15.5 Å². The van der Waals surface area contributed by atoms with Crippen molar-refractivity contribution in [3.8, 4) is 5.75 Å². The van der Waals surface area contributed by atoms with Crippen molar-refractivity contribution in [1.29, 1.82) is 0 Å². The molecule has 1 heterocycles. The third-order valence-corrected chi connectivity index (χ3v) is 8.81. The molecule has 0 unspecified atom stereocenters. The van der Waals surface area contributed by atoms with E-state index in [0.29, 0.717) is 17.6 Å². The highest BCUT2D eigenvalue weighted by molar-refractivity contribution is 9.10. The second-order valence-corrected chi connectivity index (χ2v) is 11.2. The Morgan fingerprint density at radius 2 is 1.97 bits per heavy atom. The van der Waals surface area contributed by atoms with E-state index in [1.807, 2.05) is 37.3 Å². The molecule has 0 saturated heterocycles. The van der Waals surface area contributed by atoms with Crippen LogP contribution in [0.1, 0.15) is 47.6 Å². The number of methoxy groups -OCH3 is 1. The third kappa shape index (κ3) is 5.78. The second-order valence-electron chi connectivity index (χ2n) is 9.37. The van der Waals surface area contributed by atoms with E-state index in [0.717, 1.165) is 39.4 Å². The number of amides is 1. The predicted octanol–water partition coefficient (Wildman–Crippen LogP) is 7.06. The number of hydrazone groups is 1. The summed E-state index contributed by atoms with van der Waals surface area (Å²) in [5.41, 5.74) is 9.42. The summed E-state index contributed by atoms with van der Waals surface area (Å²) in [7, 11) is 1.69. The van der Waals surface area contributed by atoms with Gasteiger partial charge in [-0.3, -0.25) is 4.79 Å². The van der Waals surface area contributed by atoms with Gasteiger partial charge in [-0.15, -0.1) is 11.8 Å². The number of nitrogens with zero attached hydrogens (tertiary/aromatic N) is 1. The summed E-state index contributed by atoms with van der Waals surface area (Å²) in [5.74, 6) is 2.69. The SMILES string of the molecule is COc1ccc([C@@H]2Nc3ccc(/C(C)=N\NC(=O)CSCc4ccccc4Br)cc3[C@@H]3C=CC[C@@H]32)cc1. The van der Waals surface area contributed by atoms with Crippen LogP contribution in [0, 0.1) is 5.92 Å². The molecular formula is C30H30BrN3O2S. The number of allylic oxidation sites excluding steroid dienone is 2. The molecule has 3 aromatic carbocycles. The van der Waals surface area contributed by atoms with Crippen LogP contribution in [0.15, 0.2) is 88.5 Å². The zero-order valence-electron chi connectivity index (χ0n) is 20.9. The summed E-state index contributed by atoms with van der Waals surface area (Å²) < 4.78 is 6.40. The van der Waals surface area contributed by atoms with Gasteiger partial charge in [0.2, 0.25) is 5.91 Å². The van der Waals surface area contributed by atoms with E-state index >= 15 is 0 Å². The number of halogens is 1. The summed E-state index contributed by atoms with van der Waals surface area (Å²) in [6.07, 6.45) is 5.67.